The Bertz CT molecular complexity index is 917. The fourth-order valence-electron chi connectivity index (χ4n) is 4.46. The van der Waals surface area contributed by atoms with Crippen LogP contribution in [0.15, 0.2) is 47.4 Å². The molecule has 1 aliphatic carbocycles. The lowest BCUT2D eigenvalue weighted by atomic mass is 9.88. The van der Waals surface area contributed by atoms with E-state index in [1.165, 1.54) is 11.3 Å². The maximum Gasteiger partial charge on any atom is 0.265 e. The molecule has 0 N–H and O–H groups in total. The second-order valence-electron chi connectivity index (χ2n) is 7.71. The SMILES string of the molecule is [C-]#[N+]/C(C#N)=C1C=C(/C=C/c2ccc3c(c2)CCN3C)OC2(CCCC2)C/1. The standard InChI is InChI=1S/C23H23N3O/c1-25-21(16-24)19-14-20(27-23(15-19)10-3-4-11-23)7-5-17-6-8-22-18(13-17)9-12-26(22)2/h5-8,13-14H,3-4,9-12,15H2,2H3/b7-5+,21-19-. The van der Waals surface area contributed by atoms with Crippen molar-refractivity contribution in [1.29, 1.82) is 5.26 Å². The predicted molar refractivity (Wildman–Crippen MR) is 107 cm³/mol. The highest BCUT2D eigenvalue weighted by Crippen LogP contribution is 2.44. The quantitative estimate of drug-likeness (QED) is 0.552. The Morgan fingerprint density at radius 2 is 2.15 bits per heavy atom. The van der Waals surface area contributed by atoms with E-state index in [0.29, 0.717) is 6.42 Å². The summed E-state index contributed by atoms with van der Waals surface area (Å²) >= 11 is 0. The van der Waals surface area contributed by atoms with E-state index < -0.39 is 0 Å². The van der Waals surface area contributed by atoms with Crippen LogP contribution in [-0.4, -0.2) is 19.2 Å². The lowest BCUT2D eigenvalue weighted by Crippen LogP contribution is -2.31. The smallest absolute Gasteiger partial charge is 0.265 e. The van der Waals surface area contributed by atoms with Gasteiger partial charge in [-0.1, -0.05) is 12.1 Å². The Morgan fingerprint density at radius 3 is 2.89 bits per heavy atom. The molecule has 2 heterocycles. The molecule has 1 aromatic rings. The van der Waals surface area contributed by atoms with Gasteiger partial charge in [0.15, 0.2) is 0 Å². The Balaban J connectivity index is 1.64. The van der Waals surface area contributed by atoms with Crippen LogP contribution >= 0.6 is 0 Å². The van der Waals surface area contributed by atoms with Crippen molar-refractivity contribution >= 4 is 11.8 Å². The van der Waals surface area contributed by atoms with Gasteiger partial charge < -0.3 is 9.64 Å². The normalized spacial score (nSPS) is 22.2. The number of anilines is 1. The van der Waals surface area contributed by atoms with E-state index in [4.69, 9.17) is 11.3 Å². The summed E-state index contributed by atoms with van der Waals surface area (Å²) in [5, 5.41) is 9.30. The molecule has 0 saturated heterocycles. The van der Waals surface area contributed by atoms with Gasteiger partial charge in [0.25, 0.3) is 5.70 Å². The molecule has 1 saturated carbocycles. The lowest BCUT2D eigenvalue weighted by molar-refractivity contribution is 0.00776. The molecular formula is C23H23N3O. The average Bonchev–Trinajstić information content (AvgIpc) is 3.27. The molecule has 0 unspecified atom stereocenters. The third-order valence-electron chi connectivity index (χ3n) is 5.87. The van der Waals surface area contributed by atoms with Crippen molar-refractivity contribution in [3.8, 4) is 6.07 Å². The van der Waals surface area contributed by atoms with E-state index in [2.05, 4.69) is 47.1 Å². The van der Waals surface area contributed by atoms with Crippen LogP contribution in [0, 0.1) is 17.9 Å². The number of likely N-dealkylation sites (N-methyl/N-ethyl adjacent to an activating group) is 1. The second kappa shape index (κ2) is 6.97. The fourth-order valence-corrected chi connectivity index (χ4v) is 4.46. The molecule has 0 atom stereocenters. The number of hydrogen-bond acceptors (Lipinski definition) is 3. The number of benzene rings is 1. The first-order valence-electron chi connectivity index (χ1n) is 9.56. The minimum absolute atomic E-state index is 0.191. The molecular weight excluding hydrogens is 334 g/mol. The molecule has 136 valence electrons. The monoisotopic (exact) mass is 357 g/mol. The number of hydrogen-bond donors (Lipinski definition) is 0. The van der Waals surface area contributed by atoms with Crippen molar-refractivity contribution in [1.82, 2.24) is 0 Å². The zero-order valence-corrected chi connectivity index (χ0v) is 15.7. The largest absolute Gasteiger partial charge is 0.487 e. The number of nitriles is 1. The Labute approximate surface area is 160 Å². The molecule has 0 radical (unpaired) electrons. The van der Waals surface area contributed by atoms with Gasteiger partial charge in [0.1, 0.15) is 11.4 Å². The van der Waals surface area contributed by atoms with Gasteiger partial charge in [-0.2, -0.15) is 0 Å². The number of nitrogens with zero attached hydrogens (tertiary/aromatic N) is 3. The van der Waals surface area contributed by atoms with Gasteiger partial charge in [0.05, 0.1) is 12.6 Å². The van der Waals surface area contributed by atoms with E-state index in [0.717, 1.165) is 55.5 Å². The van der Waals surface area contributed by atoms with Gasteiger partial charge in [-0.15, -0.1) is 0 Å². The zero-order chi connectivity index (χ0) is 18.9. The highest BCUT2D eigenvalue weighted by molar-refractivity contribution is 5.64. The molecule has 4 nitrogen and oxygen atoms in total. The van der Waals surface area contributed by atoms with Crippen molar-refractivity contribution in [2.24, 2.45) is 0 Å². The van der Waals surface area contributed by atoms with Gasteiger partial charge in [0.2, 0.25) is 0 Å². The molecule has 4 heteroatoms. The Hall–Kier alpha value is -2.98. The minimum Gasteiger partial charge on any atom is -0.487 e. The summed E-state index contributed by atoms with van der Waals surface area (Å²) in [6, 6.07) is 8.59. The zero-order valence-electron chi connectivity index (χ0n) is 15.7. The molecule has 0 amide bonds. The molecule has 1 aromatic carbocycles. The Morgan fingerprint density at radius 1 is 1.33 bits per heavy atom. The first-order valence-corrected chi connectivity index (χ1v) is 9.56. The highest BCUT2D eigenvalue weighted by atomic mass is 16.5. The number of fused-ring (bicyclic) bond motifs is 1. The summed E-state index contributed by atoms with van der Waals surface area (Å²) in [6.45, 7) is 8.37. The summed E-state index contributed by atoms with van der Waals surface area (Å²) in [5.41, 5.74) is 4.61. The molecule has 0 aromatic heterocycles. The summed E-state index contributed by atoms with van der Waals surface area (Å²) in [4.78, 5) is 5.71. The number of ether oxygens (including phenoxy) is 1. The van der Waals surface area contributed by atoms with Gasteiger partial charge in [-0.05, 0) is 73.1 Å². The van der Waals surface area contributed by atoms with Crippen LogP contribution in [0.25, 0.3) is 10.9 Å². The maximum absolute atomic E-state index is 9.30. The highest BCUT2D eigenvalue weighted by Gasteiger charge is 2.39. The molecule has 0 bridgehead atoms. The fraction of sp³-hybridized carbons (Fsp3) is 0.391. The van der Waals surface area contributed by atoms with Crippen LogP contribution < -0.4 is 4.90 Å². The van der Waals surface area contributed by atoms with Gasteiger partial charge >= 0.3 is 0 Å². The van der Waals surface area contributed by atoms with Crippen molar-refractivity contribution in [3.05, 3.63) is 69.9 Å². The van der Waals surface area contributed by atoms with Crippen LogP contribution in [-0.2, 0) is 11.2 Å². The van der Waals surface area contributed by atoms with Crippen molar-refractivity contribution < 1.29 is 4.74 Å². The van der Waals surface area contributed by atoms with Gasteiger partial charge in [0, 0.05) is 25.7 Å². The first-order chi connectivity index (χ1) is 13.1. The summed E-state index contributed by atoms with van der Waals surface area (Å²) in [5.74, 6) is 0.757. The summed E-state index contributed by atoms with van der Waals surface area (Å²) < 4.78 is 6.36. The topological polar surface area (TPSA) is 40.6 Å². The maximum atomic E-state index is 9.30. The van der Waals surface area contributed by atoms with Crippen LogP contribution in [0.3, 0.4) is 0 Å². The van der Waals surface area contributed by atoms with Gasteiger partial charge in [-0.3, -0.25) is 0 Å². The predicted octanol–water partition coefficient (Wildman–Crippen LogP) is 5.01. The van der Waals surface area contributed by atoms with Crippen LogP contribution in [0.2, 0.25) is 0 Å². The van der Waals surface area contributed by atoms with E-state index in [9.17, 15) is 5.26 Å². The molecule has 2 aliphatic heterocycles. The molecule has 4 rings (SSSR count). The summed E-state index contributed by atoms with van der Waals surface area (Å²) in [7, 11) is 2.13. The first kappa shape index (κ1) is 17.4. The second-order valence-corrected chi connectivity index (χ2v) is 7.71. The molecule has 1 spiro atoms. The third kappa shape index (κ3) is 3.36. The van der Waals surface area contributed by atoms with Crippen LogP contribution in [0.1, 0.15) is 43.2 Å². The van der Waals surface area contributed by atoms with Crippen LogP contribution in [0.4, 0.5) is 5.69 Å². The van der Waals surface area contributed by atoms with Crippen molar-refractivity contribution in [3.63, 3.8) is 0 Å². The molecule has 27 heavy (non-hydrogen) atoms. The van der Waals surface area contributed by atoms with Gasteiger partial charge in [-0.25, -0.2) is 10.1 Å². The van der Waals surface area contributed by atoms with E-state index in [1.807, 2.05) is 12.2 Å². The lowest BCUT2D eigenvalue weighted by Gasteiger charge is -2.35. The summed E-state index contributed by atoms with van der Waals surface area (Å²) in [6.07, 6.45) is 11.9. The van der Waals surface area contributed by atoms with Crippen molar-refractivity contribution in [2.75, 3.05) is 18.5 Å². The minimum atomic E-state index is -0.239. The van der Waals surface area contributed by atoms with Crippen molar-refractivity contribution in [2.45, 2.75) is 44.1 Å². The molecule has 3 aliphatic rings. The van der Waals surface area contributed by atoms with Crippen LogP contribution in [0.5, 0.6) is 0 Å². The average molecular weight is 357 g/mol. The molecule has 1 fully saturated rings. The van der Waals surface area contributed by atoms with E-state index in [1.54, 1.807) is 0 Å². The van der Waals surface area contributed by atoms with E-state index >= 15 is 0 Å². The number of rotatable bonds is 2. The third-order valence-corrected chi connectivity index (χ3v) is 5.87. The van der Waals surface area contributed by atoms with E-state index in [-0.39, 0.29) is 11.3 Å². The Kier molecular flexibility index (Phi) is 4.50. The number of allylic oxidation sites excluding steroid dienone is 3.